The van der Waals surface area contributed by atoms with E-state index in [2.05, 4.69) is 27.8 Å². The number of anilines is 1. The fraction of sp³-hybridized carbons (Fsp3) is 0.143. The summed E-state index contributed by atoms with van der Waals surface area (Å²) in [5.74, 6) is -0.700. The van der Waals surface area contributed by atoms with E-state index in [9.17, 15) is 14.4 Å². The van der Waals surface area contributed by atoms with Gasteiger partial charge in [-0.15, -0.1) is 0 Å². The molecule has 0 saturated carbocycles. The Morgan fingerprint density at radius 2 is 1.78 bits per heavy atom. The quantitative estimate of drug-likeness (QED) is 0.195. The van der Waals surface area contributed by atoms with Crippen LogP contribution in [0.4, 0.5) is 5.69 Å². The Morgan fingerprint density at radius 3 is 2.41 bits per heavy atom. The van der Waals surface area contributed by atoms with Crippen molar-refractivity contribution in [3.8, 4) is 11.5 Å². The van der Waals surface area contributed by atoms with Crippen LogP contribution in [0, 0.1) is 0 Å². The van der Waals surface area contributed by atoms with Crippen LogP contribution >= 0.6 is 27.7 Å². The molecular formula is C28H23BrN2O5S. The van der Waals surface area contributed by atoms with Crippen molar-refractivity contribution in [2.75, 3.05) is 12.0 Å². The van der Waals surface area contributed by atoms with Crippen LogP contribution in [0.2, 0.25) is 0 Å². The number of carbonyl (C=O) groups excluding carboxylic acids is 3. The first-order chi connectivity index (χ1) is 17.8. The maximum absolute atomic E-state index is 12.7. The Labute approximate surface area is 227 Å². The highest BCUT2D eigenvalue weighted by atomic mass is 79.9. The topological polar surface area (TPSA) is 85.3 Å². The third kappa shape index (κ3) is 6.00. The smallest absolute Gasteiger partial charge is 0.343 e. The van der Waals surface area contributed by atoms with Crippen molar-refractivity contribution in [1.29, 1.82) is 0 Å². The molecule has 188 valence electrons. The summed E-state index contributed by atoms with van der Waals surface area (Å²) < 4.78 is 11.5. The third-order valence-electron chi connectivity index (χ3n) is 5.47. The number of esters is 1. The molecule has 2 amide bonds. The van der Waals surface area contributed by atoms with Crippen LogP contribution in [0.15, 0.2) is 81.1 Å². The van der Waals surface area contributed by atoms with Crippen LogP contribution in [0.3, 0.4) is 0 Å². The molecule has 1 heterocycles. The number of amides is 2. The SMILES string of the molecule is CCc1ccc(N(C(C)=O)C2=NC(=O)/C(=C\c3cc(Br)c(OC(=O)c4ccccc4)c(OC)c3)S2)cc1. The Hall–Kier alpha value is -3.69. The number of nitrogens with zero attached hydrogens (tertiary/aromatic N) is 2. The minimum atomic E-state index is -0.526. The number of amidine groups is 1. The lowest BCUT2D eigenvalue weighted by Gasteiger charge is -2.20. The summed E-state index contributed by atoms with van der Waals surface area (Å²) >= 11 is 4.55. The van der Waals surface area contributed by atoms with Crippen molar-refractivity contribution in [2.24, 2.45) is 4.99 Å². The Kier molecular flexibility index (Phi) is 8.25. The first-order valence-corrected chi connectivity index (χ1v) is 13.0. The van der Waals surface area contributed by atoms with Crippen LogP contribution in [0.25, 0.3) is 6.08 Å². The van der Waals surface area contributed by atoms with E-state index in [-0.39, 0.29) is 16.8 Å². The van der Waals surface area contributed by atoms with Crippen molar-refractivity contribution >= 4 is 62.4 Å². The molecule has 9 heteroatoms. The molecule has 0 radical (unpaired) electrons. The van der Waals surface area contributed by atoms with Crippen LogP contribution in [-0.4, -0.2) is 30.1 Å². The summed E-state index contributed by atoms with van der Waals surface area (Å²) in [6.07, 6.45) is 2.53. The minimum absolute atomic E-state index is 0.221. The van der Waals surface area contributed by atoms with Gasteiger partial charge in [-0.2, -0.15) is 4.99 Å². The zero-order chi connectivity index (χ0) is 26.5. The summed E-state index contributed by atoms with van der Waals surface area (Å²) in [7, 11) is 1.46. The molecule has 0 bridgehead atoms. The predicted molar refractivity (Wildman–Crippen MR) is 149 cm³/mol. The zero-order valence-electron chi connectivity index (χ0n) is 20.4. The molecule has 4 rings (SSSR count). The maximum atomic E-state index is 12.7. The van der Waals surface area contributed by atoms with Gasteiger partial charge < -0.3 is 9.47 Å². The molecule has 3 aromatic rings. The number of rotatable bonds is 6. The standard InChI is InChI=1S/C28H23BrN2O5S/c1-4-18-10-12-21(13-11-18)31(17(2)32)28-30-26(33)24(37-28)16-19-14-22(29)25(23(15-19)35-3)36-27(34)20-8-6-5-7-9-20/h5-16H,4H2,1-3H3/b24-16+. The van der Waals surface area contributed by atoms with Gasteiger partial charge in [-0.05, 0) is 87.7 Å². The van der Waals surface area contributed by atoms with Crippen LogP contribution in [0.5, 0.6) is 11.5 Å². The van der Waals surface area contributed by atoms with Gasteiger partial charge in [0.05, 0.1) is 27.7 Å². The monoisotopic (exact) mass is 578 g/mol. The number of benzene rings is 3. The number of hydrogen-bond acceptors (Lipinski definition) is 6. The van der Waals surface area contributed by atoms with Crippen molar-refractivity contribution in [1.82, 2.24) is 0 Å². The summed E-state index contributed by atoms with van der Waals surface area (Å²) in [5, 5.41) is 0.285. The molecule has 1 aliphatic rings. The van der Waals surface area contributed by atoms with Crippen LogP contribution in [0.1, 0.15) is 35.3 Å². The largest absolute Gasteiger partial charge is 0.493 e. The fourth-order valence-electron chi connectivity index (χ4n) is 3.60. The normalized spacial score (nSPS) is 13.9. The first-order valence-electron chi connectivity index (χ1n) is 11.4. The second kappa shape index (κ2) is 11.6. The molecule has 0 aromatic heterocycles. The van der Waals surface area contributed by atoms with Crippen LogP contribution in [-0.2, 0) is 16.0 Å². The van der Waals surface area contributed by atoms with Crippen molar-refractivity contribution in [3.63, 3.8) is 0 Å². The fourth-order valence-corrected chi connectivity index (χ4v) is 5.12. The van der Waals surface area contributed by atoms with Gasteiger partial charge in [0.2, 0.25) is 5.91 Å². The molecule has 0 N–H and O–H groups in total. The summed E-state index contributed by atoms with van der Waals surface area (Å²) in [6, 6.07) is 19.6. The number of thioether (sulfide) groups is 1. The van der Waals surface area contributed by atoms with Crippen molar-refractivity contribution in [2.45, 2.75) is 20.3 Å². The maximum Gasteiger partial charge on any atom is 0.343 e. The molecule has 0 fully saturated rings. The Morgan fingerprint density at radius 1 is 1.08 bits per heavy atom. The average molecular weight is 579 g/mol. The molecular weight excluding hydrogens is 556 g/mol. The molecule has 0 atom stereocenters. The highest BCUT2D eigenvalue weighted by Gasteiger charge is 2.29. The van der Waals surface area contributed by atoms with E-state index >= 15 is 0 Å². The summed E-state index contributed by atoms with van der Waals surface area (Å²) in [5.41, 5.74) is 2.80. The van der Waals surface area contributed by atoms with E-state index < -0.39 is 11.9 Å². The van der Waals surface area contributed by atoms with E-state index in [1.54, 1.807) is 42.5 Å². The van der Waals surface area contributed by atoms with Crippen molar-refractivity contribution in [3.05, 3.63) is 92.8 Å². The highest BCUT2D eigenvalue weighted by molar-refractivity contribution is 9.10. The van der Waals surface area contributed by atoms with Gasteiger partial charge in [-0.3, -0.25) is 14.5 Å². The van der Waals surface area contributed by atoms with Crippen LogP contribution < -0.4 is 14.4 Å². The number of aryl methyl sites for hydroxylation is 1. The number of aliphatic imine (C=N–C) groups is 1. The van der Waals surface area contributed by atoms with Gasteiger partial charge in [-0.25, -0.2) is 4.79 Å². The van der Waals surface area contributed by atoms with Gasteiger partial charge in [0.25, 0.3) is 5.91 Å². The second-order valence-electron chi connectivity index (χ2n) is 7.97. The molecule has 3 aromatic carbocycles. The van der Waals surface area contributed by atoms with Crippen molar-refractivity contribution < 1.29 is 23.9 Å². The molecule has 1 aliphatic heterocycles. The van der Waals surface area contributed by atoms with Gasteiger partial charge in [0, 0.05) is 6.92 Å². The highest BCUT2D eigenvalue weighted by Crippen LogP contribution is 2.39. The zero-order valence-corrected chi connectivity index (χ0v) is 22.8. The molecule has 7 nitrogen and oxygen atoms in total. The lowest BCUT2D eigenvalue weighted by molar-refractivity contribution is -0.115. The summed E-state index contributed by atoms with van der Waals surface area (Å²) in [6.45, 7) is 3.48. The molecule has 0 spiro atoms. The Balaban J connectivity index is 1.58. The van der Waals surface area contributed by atoms with Gasteiger partial charge in [0.1, 0.15) is 0 Å². The average Bonchev–Trinajstić information content (AvgIpc) is 3.25. The van der Waals surface area contributed by atoms with E-state index in [1.807, 2.05) is 30.3 Å². The number of hydrogen-bond donors (Lipinski definition) is 0. The van der Waals surface area contributed by atoms with Gasteiger partial charge in [-0.1, -0.05) is 37.3 Å². The second-order valence-corrected chi connectivity index (χ2v) is 9.84. The number of ether oxygens (including phenoxy) is 2. The first kappa shape index (κ1) is 26.4. The lowest BCUT2D eigenvalue weighted by atomic mass is 10.1. The molecule has 0 aliphatic carbocycles. The lowest BCUT2D eigenvalue weighted by Crippen LogP contribution is -2.32. The Bertz CT molecular complexity index is 1420. The minimum Gasteiger partial charge on any atom is -0.493 e. The molecule has 0 saturated heterocycles. The van der Waals surface area contributed by atoms with Gasteiger partial charge >= 0.3 is 5.97 Å². The molecule has 37 heavy (non-hydrogen) atoms. The predicted octanol–water partition coefficient (Wildman–Crippen LogP) is 6.26. The number of halogens is 1. The number of carbonyl (C=O) groups is 3. The van der Waals surface area contributed by atoms with E-state index in [0.717, 1.165) is 23.7 Å². The van der Waals surface area contributed by atoms with E-state index in [0.29, 0.717) is 31.9 Å². The summed E-state index contributed by atoms with van der Waals surface area (Å²) in [4.78, 5) is 43.6. The van der Waals surface area contributed by atoms with Gasteiger partial charge in [0.15, 0.2) is 16.7 Å². The van der Waals surface area contributed by atoms with E-state index in [4.69, 9.17) is 9.47 Å². The van der Waals surface area contributed by atoms with E-state index in [1.165, 1.54) is 18.9 Å². The number of methoxy groups -OCH3 is 1. The third-order valence-corrected chi connectivity index (χ3v) is 7.03. The molecule has 0 unspecified atom stereocenters.